The Kier molecular flexibility index (Phi) is 12.6. The Bertz CT molecular complexity index is 168. The van der Waals surface area contributed by atoms with Gasteiger partial charge >= 0.3 is 0 Å². The zero-order valence-corrected chi connectivity index (χ0v) is 15.0. The minimum atomic E-state index is 0.612. The van der Waals surface area contributed by atoms with Crippen molar-refractivity contribution in [3.8, 4) is 0 Å². The third-order valence-electron chi connectivity index (χ3n) is 4.77. The molecule has 0 amide bonds. The van der Waals surface area contributed by atoms with Gasteiger partial charge in [-0.2, -0.15) is 0 Å². The van der Waals surface area contributed by atoms with Crippen molar-refractivity contribution in [2.24, 2.45) is 17.8 Å². The molecule has 2 nitrogen and oxygen atoms in total. The second-order valence-electron chi connectivity index (χ2n) is 5.76. The van der Waals surface area contributed by atoms with Crippen LogP contribution in [0.2, 0.25) is 0 Å². The van der Waals surface area contributed by atoms with Gasteiger partial charge in [0, 0.05) is 13.1 Å². The smallest absolute Gasteiger partial charge is 0.0600 e. The summed E-state index contributed by atoms with van der Waals surface area (Å²) in [5, 5.41) is 7.42. The molecule has 122 valence electrons. The van der Waals surface area contributed by atoms with E-state index in [1.165, 1.54) is 51.6 Å². The van der Waals surface area contributed by atoms with E-state index in [0.29, 0.717) is 6.17 Å². The molecule has 0 aromatic rings. The number of hydrogen-bond donors (Lipinski definition) is 2. The fourth-order valence-corrected chi connectivity index (χ4v) is 3.28. The number of rotatable bonds is 3. The molecule has 1 saturated carbocycles. The van der Waals surface area contributed by atoms with Gasteiger partial charge in [0.05, 0.1) is 6.17 Å². The first-order valence-electron chi connectivity index (χ1n) is 9.30. The molecule has 2 N–H and O–H groups in total. The molecular formula is C18H40N2. The topological polar surface area (TPSA) is 24.1 Å². The van der Waals surface area contributed by atoms with Crippen molar-refractivity contribution < 1.29 is 0 Å². The lowest BCUT2D eigenvalue weighted by Gasteiger charge is -2.39. The summed E-state index contributed by atoms with van der Waals surface area (Å²) in [6.07, 6.45) is 9.07. The van der Waals surface area contributed by atoms with Crippen LogP contribution in [0.4, 0.5) is 0 Å². The molecule has 0 bridgehead atoms. The van der Waals surface area contributed by atoms with E-state index in [9.17, 15) is 0 Å². The van der Waals surface area contributed by atoms with Gasteiger partial charge in [-0.1, -0.05) is 67.2 Å². The lowest BCUT2D eigenvalue weighted by atomic mass is 9.79. The monoisotopic (exact) mass is 284 g/mol. The van der Waals surface area contributed by atoms with Crippen molar-refractivity contribution >= 4 is 0 Å². The molecule has 0 unspecified atom stereocenters. The van der Waals surface area contributed by atoms with Gasteiger partial charge in [-0.15, -0.1) is 0 Å². The molecule has 2 fully saturated rings. The fraction of sp³-hybridized carbons (Fsp3) is 1.00. The lowest BCUT2D eigenvalue weighted by molar-refractivity contribution is 0.162. The van der Waals surface area contributed by atoms with E-state index in [2.05, 4.69) is 24.5 Å². The van der Waals surface area contributed by atoms with Crippen LogP contribution in [0.25, 0.3) is 0 Å². The molecule has 20 heavy (non-hydrogen) atoms. The summed E-state index contributed by atoms with van der Waals surface area (Å²) >= 11 is 0. The Balaban J connectivity index is 0.000000829. The molecule has 0 spiro atoms. The molecule has 0 aromatic heterocycles. The van der Waals surface area contributed by atoms with Gasteiger partial charge < -0.3 is 10.6 Å². The average molecular weight is 285 g/mol. The van der Waals surface area contributed by atoms with E-state index < -0.39 is 0 Å². The maximum atomic E-state index is 3.71. The highest BCUT2D eigenvalue weighted by atomic mass is 15.2. The minimum absolute atomic E-state index is 0.612. The molecule has 2 rings (SSSR count). The second-order valence-corrected chi connectivity index (χ2v) is 5.76. The van der Waals surface area contributed by atoms with Crippen LogP contribution in [0.15, 0.2) is 0 Å². The summed E-state index contributed by atoms with van der Waals surface area (Å²) in [7, 11) is 0. The second kappa shape index (κ2) is 12.6. The van der Waals surface area contributed by atoms with Crippen molar-refractivity contribution in [1.82, 2.24) is 10.6 Å². The van der Waals surface area contributed by atoms with Crippen LogP contribution in [0, 0.1) is 17.8 Å². The van der Waals surface area contributed by atoms with Gasteiger partial charge in [0.15, 0.2) is 0 Å². The van der Waals surface area contributed by atoms with Crippen molar-refractivity contribution in [2.45, 2.75) is 86.2 Å². The molecule has 1 saturated heterocycles. The van der Waals surface area contributed by atoms with Gasteiger partial charge in [0.2, 0.25) is 0 Å². The standard InChI is InChI=1S/C14H28N2.2C2H6/c1-3-11-5-7-13(8-6-11)14-15-9-12(4-2)10-16-14;2*1-2/h11-16H,3-10H2,1-2H3;2*1-2H3. The summed E-state index contributed by atoms with van der Waals surface area (Å²) < 4.78 is 0. The Hall–Kier alpha value is -0.0800. The van der Waals surface area contributed by atoms with Gasteiger partial charge in [-0.3, -0.25) is 0 Å². The highest BCUT2D eigenvalue weighted by Gasteiger charge is 2.29. The zero-order chi connectivity index (χ0) is 15.4. The summed E-state index contributed by atoms with van der Waals surface area (Å²) in [4.78, 5) is 0. The molecule has 0 radical (unpaired) electrons. The SMILES string of the molecule is CC.CC.CCC1CCC(C2NCC(CC)CN2)CC1. The van der Waals surface area contributed by atoms with Crippen LogP contribution in [0.1, 0.15) is 80.1 Å². The highest BCUT2D eigenvalue weighted by molar-refractivity contribution is 4.84. The maximum Gasteiger partial charge on any atom is 0.0600 e. The van der Waals surface area contributed by atoms with Crippen LogP contribution in [0.5, 0.6) is 0 Å². The first-order chi connectivity index (χ1) is 9.83. The molecule has 1 aliphatic heterocycles. The normalized spacial score (nSPS) is 33.3. The first kappa shape index (κ1) is 19.9. The van der Waals surface area contributed by atoms with Crippen molar-refractivity contribution in [2.75, 3.05) is 13.1 Å². The molecule has 0 aromatic carbocycles. The van der Waals surface area contributed by atoms with Crippen LogP contribution >= 0.6 is 0 Å². The lowest BCUT2D eigenvalue weighted by Crippen LogP contribution is -2.56. The van der Waals surface area contributed by atoms with Crippen LogP contribution in [0.3, 0.4) is 0 Å². The van der Waals surface area contributed by atoms with E-state index in [-0.39, 0.29) is 0 Å². The van der Waals surface area contributed by atoms with E-state index in [1.807, 2.05) is 27.7 Å². The largest absolute Gasteiger partial charge is 0.301 e. The van der Waals surface area contributed by atoms with Gasteiger partial charge in [-0.05, 0) is 30.6 Å². The van der Waals surface area contributed by atoms with Crippen LogP contribution < -0.4 is 10.6 Å². The predicted octanol–water partition coefficient (Wildman–Crippen LogP) is 4.80. The fourth-order valence-electron chi connectivity index (χ4n) is 3.28. The zero-order valence-electron chi connectivity index (χ0n) is 15.0. The summed E-state index contributed by atoms with van der Waals surface area (Å²) in [6.45, 7) is 15.1. The highest BCUT2D eigenvalue weighted by Crippen LogP contribution is 2.32. The first-order valence-corrected chi connectivity index (χ1v) is 9.30. The summed E-state index contributed by atoms with van der Waals surface area (Å²) in [5.41, 5.74) is 0. The minimum Gasteiger partial charge on any atom is -0.301 e. The van der Waals surface area contributed by atoms with Gasteiger partial charge in [0.1, 0.15) is 0 Å². The quantitative estimate of drug-likeness (QED) is 0.778. The molecule has 0 atom stereocenters. The summed E-state index contributed by atoms with van der Waals surface area (Å²) in [5.74, 6) is 2.76. The Morgan fingerprint density at radius 3 is 1.55 bits per heavy atom. The maximum absolute atomic E-state index is 3.71. The van der Waals surface area contributed by atoms with E-state index in [1.54, 1.807) is 0 Å². The number of hydrogen-bond acceptors (Lipinski definition) is 2. The molecule has 1 heterocycles. The Morgan fingerprint density at radius 1 is 0.700 bits per heavy atom. The Labute approximate surface area is 128 Å². The van der Waals surface area contributed by atoms with Crippen molar-refractivity contribution in [1.29, 1.82) is 0 Å². The van der Waals surface area contributed by atoms with Crippen molar-refractivity contribution in [3.63, 3.8) is 0 Å². The Morgan fingerprint density at radius 2 is 1.15 bits per heavy atom. The van der Waals surface area contributed by atoms with Crippen LogP contribution in [-0.4, -0.2) is 19.3 Å². The van der Waals surface area contributed by atoms with Gasteiger partial charge in [0.25, 0.3) is 0 Å². The molecule has 2 aliphatic rings. The van der Waals surface area contributed by atoms with Crippen LogP contribution in [-0.2, 0) is 0 Å². The molecule has 2 heteroatoms. The van der Waals surface area contributed by atoms with E-state index >= 15 is 0 Å². The predicted molar refractivity (Wildman–Crippen MR) is 92.0 cm³/mol. The molecule has 1 aliphatic carbocycles. The van der Waals surface area contributed by atoms with E-state index in [4.69, 9.17) is 0 Å². The van der Waals surface area contributed by atoms with E-state index in [0.717, 1.165) is 17.8 Å². The average Bonchev–Trinajstić information content (AvgIpc) is 2.59. The number of nitrogens with one attached hydrogen (secondary N) is 2. The van der Waals surface area contributed by atoms with Crippen molar-refractivity contribution in [3.05, 3.63) is 0 Å². The van der Waals surface area contributed by atoms with Gasteiger partial charge in [-0.25, -0.2) is 0 Å². The molecular weight excluding hydrogens is 244 g/mol. The summed E-state index contributed by atoms with van der Waals surface area (Å²) in [6, 6.07) is 0. The third-order valence-corrected chi connectivity index (χ3v) is 4.77. The third kappa shape index (κ3) is 6.58.